The van der Waals surface area contributed by atoms with Gasteiger partial charge in [-0.05, 0) is 0 Å². The van der Waals surface area contributed by atoms with Crippen molar-refractivity contribution in [3.05, 3.63) is 23.3 Å². The summed E-state index contributed by atoms with van der Waals surface area (Å²) in [4.78, 5) is 0. The van der Waals surface area contributed by atoms with Crippen molar-refractivity contribution < 1.29 is 37.4 Å². The summed E-state index contributed by atoms with van der Waals surface area (Å²) in [5.74, 6) is 0.745. The van der Waals surface area contributed by atoms with E-state index in [1.165, 1.54) is 0 Å². The molecule has 1 radical (unpaired) electrons. The van der Waals surface area contributed by atoms with Gasteiger partial charge in [0.25, 0.3) is 0 Å². The molecule has 0 fully saturated rings. The molecule has 0 bridgehead atoms. The van der Waals surface area contributed by atoms with Crippen LogP contribution in [0.15, 0.2) is 6.07 Å². The van der Waals surface area contributed by atoms with Crippen LogP contribution in [0.2, 0.25) is 0 Å². The third-order valence-electron chi connectivity index (χ3n) is 1.71. The Morgan fingerprint density at radius 2 is 2.00 bits per heavy atom. The summed E-state index contributed by atoms with van der Waals surface area (Å²) in [5, 5.41) is 0. The quantitative estimate of drug-likeness (QED) is 0.597. The number of nitrogens with two attached hydrogens (primary N) is 1. The molecule has 1 rings (SSSR count). The van der Waals surface area contributed by atoms with Crippen molar-refractivity contribution in [3.8, 4) is 5.75 Å². The van der Waals surface area contributed by atoms with Gasteiger partial charge in [-0.15, -0.1) is 23.3 Å². The molecule has 2 N–H and O–H groups in total. The van der Waals surface area contributed by atoms with Crippen molar-refractivity contribution in [2.75, 3.05) is 12.8 Å². The third kappa shape index (κ3) is 2.46. The summed E-state index contributed by atoms with van der Waals surface area (Å²) in [6.07, 6.45) is 0. The number of ether oxygens (including phenoxy) is 1. The summed E-state index contributed by atoms with van der Waals surface area (Å²) >= 11 is 0. The van der Waals surface area contributed by atoms with Crippen LogP contribution in [0.25, 0.3) is 0 Å². The van der Waals surface area contributed by atoms with Crippen LogP contribution in [0.5, 0.6) is 5.75 Å². The number of aryl methyl sites for hydroxylation is 2. The van der Waals surface area contributed by atoms with Crippen LogP contribution in [-0.4, -0.2) is 7.11 Å². The van der Waals surface area contributed by atoms with Gasteiger partial charge in [0.05, 0.1) is 7.11 Å². The van der Waals surface area contributed by atoms with Gasteiger partial charge in [-0.2, -0.15) is 0 Å². The Kier molecular flexibility index (Phi) is 4.80. The molecule has 2 nitrogen and oxygen atoms in total. The van der Waals surface area contributed by atoms with E-state index in [1.54, 1.807) is 7.11 Å². The summed E-state index contributed by atoms with van der Waals surface area (Å²) < 4.78 is 5.02. The molecule has 0 aliphatic carbocycles. The summed E-state index contributed by atoms with van der Waals surface area (Å²) in [7, 11) is 1.63. The minimum absolute atomic E-state index is 0. The van der Waals surface area contributed by atoms with E-state index in [0.717, 1.165) is 22.6 Å². The smallest absolute Gasteiger partial charge is 0.0743 e. The van der Waals surface area contributed by atoms with Gasteiger partial charge >= 0.3 is 0 Å². The minimum Gasteiger partial charge on any atom is -0.523 e. The Balaban J connectivity index is 0.00000121. The molecule has 0 aromatic heterocycles. The van der Waals surface area contributed by atoms with Gasteiger partial charge < -0.3 is 10.5 Å². The molecular weight excluding hydrogens is 227 g/mol. The predicted octanol–water partition coefficient (Wildman–Crippen LogP) is 1.69. The van der Waals surface area contributed by atoms with Crippen LogP contribution in [0.3, 0.4) is 0 Å². The van der Waals surface area contributed by atoms with E-state index in [9.17, 15) is 0 Å². The molecule has 0 heterocycles. The molecule has 0 saturated carbocycles. The molecule has 3 heteroatoms. The largest absolute Gasteiger partial charge is 0.523 e. The molecule has 0 unspecified atom stereocenters. The molecule has 0 amide bonds. The molecular formula is C9H12NOY-. The normalized spacial score (nSPS) is 8.92. The number of anilines is 1. The summed E-state index contributed by atoms with van der Waals surface area (Å²) in [5.41, 5.74) is 8.50. The SMILES string of the molecule is COc1[c-]c(C)c(N)c(C)c1.[Y]. The Morgan fingerprint density at radius 3 is 2.42 bits per heavy atom. The van der Waals surface area contributed by atoms with Crippen LogP contribution in [0.1, 0.15) is 11.1 Å². The zero-order valence-corrected chi connectivity index (χ0v) is 10.5. The maximum Gasteiger partial charge on any atom is 0.0743 e. The van der Waals surface area contributed by atoms with Gasteiger partial charge in [-0.3, -0.25) is 0 Å². The van der Waals surface area contributed by atoms with E-state index in [1.807, 2.05) is 19.9 Å². The number of rotatable bonds is 1. The molecule has 1 aromatic rings. The minimum atomic E-state index is 0. The van der Waals surface area contributed by atoms with Crippen molar-refractivity contribution in [3.63, 3.8) is 0 Å². The van der Waals surface area contributed by atoms with Crippen LogP contribution in [0.4, 0.5) is 5.69 Å². The zero-order valence-electron chi connectivity index (χ0n) is 7.64. The van der Waals surface area contributed by atoms with E-state index in [-0.39, 0.29) is 32.7 Å². The van der Waals surface area contributed by atoms with Gasteiger partial charge in [-0.25, -0.2) is 0 Å². The number of hydrogen-bond acceptors (Lipinski definition) is 2. The fraction of sp³-hybridized carbons (Fsp3) is 0.333. The van der Waals surface area contributed by atoms with Gasteiger partial charge in [0.1, 0.15) is 0 Å². The first-order valence-corrected chi connectivity index (χ1v) is 3.48. The molecule has 1 aromatic carbocycles. The van der Waals surface area contributed by atoms with Gasteiger partial charge in [0.2, 0.25) is 0 Å². The van der Waals surface area contributed by atoms with Crippen LogP contribution >= 0.6 is 0 Å². The fourth-order valence-corrected chi connectivity index (χ4v) is 0.968. The Bertz CT molecular complexity index is 250. The summed E-state index contributed by atoms with van der Waals surface area (Å²) in [6.45, 7) is 3.88. The molecule has 0 saturated heterocycles. The van der Waals surface area contributed by atoms with E-state index in [2.05, 4.69) is 6.07 Å². The van der Waals surface area contributed by atoms with Gasteiger partial charge in [0.15, 0.2) is 0 Å². The number of nitrogen functional groups attached to an aromatic ring is 1. The maximum absolute atomic E-state index is 5.72. The average molecular weight is 239 g/mol. The van der Waals surface area contributed by atoms with Gasteiger partial charge in [-0.1, -0.05) is 19.5 Å². The van der Waals surface area contributed by atoms with E-state index in [0.29, 0.717) is 0 Å². The first-order valence-electron chi connectivity index (χ1n) is 3.48. The third-order valence-corrected chi connectivity index (χ3v) is 1.71. The second-order valence-corrected chi connectivity index (χ2v) is 2.56. The fourth-order valence-electron chi connectivity index (χ4n) is 0.968. The van der Waals surface area contributed by atoms with Crippen LogP contribution in [0, 0.1) is 19.9 Å². The number of hydrogen-bond donors (Lipinski definition) is 1. The molecule has 0 atom stereocenters. The van der Waals surface area contributed by atoms with E-state index < -0.39 is 0 Å². The molecule has 0 aliphatic rings. The first kappa shape index (κ1) is 11.9. The van der Waals surface area contributed by atoms with Crippen LogP contribution < -0.4 is 10.5 Å². The van der Waals surface area contributed by atoms with Crippen molar-refractivity contribution in [2.45, 2.75) is 13.8 Å². The molecule has 0 spiro atoms. The van der Waals surface area contributed by atoms with Crippen molar-refractivity contribution >= 4 is 5.69 Å². The standard InChI is InChI=1S/C9H12NO.Y/c1-6-4-8(11-3)5-7(2)9(6)10;/h4H,10H2,1-3H3;/q-1;. The van der Waals surface area contributed by atoms with Crippen molar-refractivity contribution in [1.29, 1.82) is 0 Å². The molecule has 0 aliphatic heterocycles. The number of methoxy groups -OCH3 is 1. The first-order chi connectivity index (χ1) is 5.15. The predicted molar refractivity (Wildman–Crippen MR) is 45.7 cm³/mol. The Hall–Kier alpha value is -0.0761. The van der Waals surface area contributed by atoms with E-state index in [4.69, 9.17) is 10.5 Å². The Labute approximate surface area is 98.4 Å². The monoisotopic (exact) mass is 239 g/mol. The number of benzene rings is 1. The molecule has 12 heavy (non-hydrogen) atoms. The summed E-state index contributed by atoms with van der Waals surface area (Å²) in [6, 6.07) is 4.90. The Morgan fingerprint density at radius 1 is 1.42 bits per heavy atom. The van der Waals surface area contributed by atoms with Gasteiger partial charge in [0, 0.05) is 38.5 Å². The second kappa shape index (κ2) is 4.83. The van der Waals surface area contributed by atoms with E-state index >= 15 is 0 Å². The van der Waals surface area contributed by atoms with Crippen LogP contribution in [-0.2, 0) is 32.7 Å². The average Bonchev–Trinajstić information content (AvgIpc) is 1.99. The zero-order chi connectivity index (χ0) is 8.43. The topological polar surface area (TPSA) is 35.2 Å². The van der Waals surface area contributed by atoms with Crippen molar-refractivity contribution in [1.82, 2.24) is 0 Å². The second-order valence-electron chi connectivity index (χ2n) is 2.56. The molecule has 63 valence electrons. The van der Waals surface area contributed by atoms with Crippen molar-refractivity contribution in [2.24, 2.45) is 0 Å². The maximum atomic E-state index is 5.72.